The summed E-state index contributed by atoms with van der Waals surface area (Å²) in [6.07, 6.45) is 5.79. The van der Waals surface area contributed by atoms with Gasteiger partial charge in [-0.2, -0.15) is 0 Å². The van der Waals surface area contributed by atoms with E-state index >= 15 is 0 Å². The second-order valence-corrected chi connectivity index (χ2v) is 5.97. The van der Waals surface area contributed by atoms with Crippen LogP contribution in [0.3, 0.4) is 0 Å². The Morgan fingerprint density at radius 3 is 3.12 bits per heavy atom. The lowest BCUT2D eigenvalue weighted by atomic mass is 10.1. The van der Waals surface area contributed by atoms with Gasteiger partial charge in [-0.3, -0.25) is 14.7 Å². The van der Waals surface area contributed by atoms with Crippen LogP contribution in [0.15, 0.2) is 46.1 Å². The summed E-state index contributed by atoms with van der Waals surface area (Å²) in [5.74, 6) is 1.86. The minimum absolute atomic E-state index is 0.112. The van der Waals surface area contributed by atoms with Gasteiger partial charge in [0.05, 0.1) is 24.6 Å². The highest BCUT2D eigenvalue weighted by Gasteiger charge is 2.22. The molecule has 0 bridgehead atoms. The Labute approximate surface area is 144 Å². The Morgan fingerprint density at radius 2 is 2.32 bits per heavy atom. The van der Waals surface area contributed by atoms with Gasteiger partial charge in [-0.05, 0) is 18.2 Å². The number of pyridine rings is 1. The van der Waals surface area contributed by atoms with Crippen molar-refractivity contribution in [3.05, 3.63) is 64.0 Å². The molecule has 1 N–H and O–H groups in total. The molecule has 0 atom stereocenters. The average molecular weight is 338 g/mol. The van der Waals surface area contributed by atoms with Crippen LogP contribution in [0.25, 0.3) is 11.6 Å². The van der Waals surface area contributed by atoms with E-state index in [2.05, 4.69) is 19.9 Å². The van der Waals surface area contributed by atoms with E-state index in [1.165, 1.54) is 0 Å². The summed E-state index contributed by atoms with van der Waals surface area (Å²) in [6.45, 7) is 2.04. The van der Waals surface area contributed by atoms with Crippen molar-refractivity contribution >= 4 is 0 Å². The quantitative estimate of drug-likeness (QED) is 0.783. The molecule has 1 aliphatic rings. The first-order chi connectivity index (χ1) is 12.2. The lowest BCUT2D eigenvalue weighted by Gasteiger charge is -2.28. The number of aromatic amines is 1. The molecule has 128 valence electrons. The molecule has 0 spiro atoms. The molecule has 25 heavy (non-hydrogen) atoms. The van der Waals surface area contributed by atoms with E-state index in [9.17, 15) is 4.79 Å². The maximum Gasteiger partial charge on any atom is 0.256 e. The lowest BCUT2D eigenvalue weighted by molar-refractivity contribution is 0.238. The Hall–Kier alpha value is -2.93. The zero-order valence-electron chi connectivity index (χ0n) is 13.9. The van der Waals surface area contributed by atoms with E-state index in [1.807, 2.05) is 6.07 Å². The van der Waals surface area contributed by atoms with Gasteiger partial charge in [0.2, 0.25) is 0 Å². The molecule has 0 saturated carbocycles. The van der Waals surface area contributed by atoms with Crippen molar-refractivity contribution in [2.75, 3.05) is 13.7 Å². The van der Waals surface area contributed by atoms with Gasteiger partial charge in [0.25, 0.3) is 5.56 Å². The number of ether oxygens (including phenoxy) is 1. The van der Waals surface area contributed by atoms with Gasteiger partial charge < -0.3 is 14.1 Å². The number of nitrogens with one attached hydrogen (secondary N) is 1. The molecule has 0 fully saturated rings. The number of aromatic nitrogens is 3. The molecule has 0 saturated heterocycles. The highest BCUT2D eigenvalue weighted by molar-refractivity contribution is 5.47. The van der Waals surface area contributed by atoms with E-state index < -0.39 is 0 Å². The van der Waals surface area contributed by atoms with Crippen molar-refractivity contribution in [3.63, 3.8) is 0 Å². The summed E-state index contributed by atoms with van der Waals surface area (Å²) in [7, 11) is 1.65. The van der Waals surface area contributed by atoms with Crippen molar-refractivity contribution < 1.29 is 9.15 Å². The molecule has 1 aliphatic heterocycles. The van der Waals surface area contributed by atoms with E-state index in [0.717, 1.165) is 30.0 Å². The standard InChI is InChI=1S/C18H18N4O3/c1-24-15-4-6-19-9-12(15)10-22-7-5-14-13(11-22)18(23)21-17(20-14)16-3-2-8-25-16/h2-4,6,8-9H,5,7,10-11H2,1H3,(H,20,21,23). The molecule has 4 rings (SSSR count). The zero-order chi connectivity index (χ0) is 17.2. The van der Waals surface area contributed by atoms with Gasteiger partial charge in [-0.15, -0.1) is 0 Å². The summed E-state index contributed by atoms with van der Waals surface area (Å²) in [5.41, 5.74) is 2.44. The normalized spacial score (nSPS) is 14.3. The monoisotopic (exact) mass is 338 g/mol. The third-order valence-corrected chi connectivity index (χ3v) is 4.37. The predicted octanol–water partition coefficient (Wildman–Crippen LogP) is 1.99. The van der Waals surface area contributed by atoms with Crippen molar-refractivity contribution in [2.45, 2.75) is 19.5 Å². The van der Waals surface area contributed by atoms with Crippen LogP contribution < -0.4 is 10.3 Å². The molecule has 3 aromatic rings. The molecular weight excluding hydrogens is 320 g/mol. The molecule has 7 heteroatoms. The third-order valence-electron chi connectivity index (χ3n) is 4.37. The van der Waals surface area contributed by atoms with Gasteiger partial charge in [0.1, 0.15) is 5.75 Å². The van der Waals surface area contributed by atoms with Gasteiger partial charge >= 0.3 is 0 Å². The number of nitrogens with zero attached hydrogens (tertiary/aromatic N) is 3. The molecule has 7 nitrogen and oxygen atoms in total. The lowest BCUT2D eigenvalue weighted by Crippen LogP contribution is -2.35. The van der Waals surface area contributed by atoms with E-state index in [1.54, 1.807) is 37.9 Å². The molecule has 0 aromatic carbocycles. The van der Waals surface area contributed by atoms with Gasteiger partial charge in [-0.1, -0.05) is 0 Å². The SMILES string of the molecule is COc1ccncc1CN1CCc2nc(-c3ccco3)[nH]c(=O)c2C1. The van der Waals surface area contributed by atoms with Crippen LogP contribution in [-0.4, -0.2) is 33.5 Å². The van der Waals surface area contributed by atoms with Crippen LogP contribution >= 0.6 is 0 Å². The first-order valence-corrected chi connectivity index (χ1v) is 8.10. The minimum Gasteiger partial charge on any atom is -0.496 e. The fraction of sp³-hybridized carbons (Fsp3) is 0.278. The Bertz CT molecular complexity index is 934. The predicted molar refractivity (Wildman–Crippen MR) is 91.2 cm³/mol. The maximum absolute atomic E-state index is 12.5. The topological polar surface area (TPSA) is 84.2 Å². The third kappa shape index (κ3) is 3.06. The van der Waals surface area contributed by atoms with Crippen LogP contribution in [0, 0.1) is 0 Å². The van der Waals surface area contributed by atoms with E-state index in [4.69, 9.17) is 9.15 Å². The Kier molecular flexibility index (Phi) is 4.07. The number of hydrogen-bond donors (Lipinski definition) is 1. The Balaban J connectivity index is 1.58. The Morgan fingerprint density at radius 1 is 1.40 bits per heavy atom. The molecule has 0 radical (unpaired) electrons. The zero-order valence-corrected chi connectivity index (χ0v) is 13.9. The largest absolute Gasteiger partial charge is 0.496 e. The summed E-state index contributed by atoms with van der Waals surface area (Å²) in [4.78, 5) is 26.3. The molecule has 0 unspecified atom stereocenters. The van der Waals surface area contributed by atoms with E-state index in [-0.39, 0.29) is 5.56 Å². The highest BCUT2D eigenvalue weighted by Crippen LogP contribution is 2.23. The number of methoxy groups -OCH3 is 1. The molecule has 3 aromatic heterocycles. The highest BCUT2D eigenvalue weighted by atomic mass is 16.5. The van der Waals surface area contributed by atoms with Crippen LogP contribution in [0.2, 0.25) is 0 Å². The molecule has 0 amide bonds. The van der Waals surface area contributed by atoms with Crippen LogP contribution in [0.1, 0.15) is 16.8 Å². The summed E-state index contributed by atoms with van der Waals surface area (Å²) in [5, 5.41) is 0. The number of rotatable bonds is 4. The van der Waals surface area contributed by atoms with Gasteiger partial charge in [0, 0.05) is 44.0 Å². The molecule has 0 aliphatic carbocycles. The minimum atomic E-state index is -0.112. The van der Waals surface area contributed by atoms with Crippen LogP contribution in [0.4, 0.5) is 0 Å². The molecular formula is C18H18N4O3. The summed E-state index contributed by atoms with van der Waals surface area (Å²) < 4.78 is 10.7. The number of hydrogen-bond acceptors (Lipinski definition) is 6. The van der Waals surface area contributed by atoms with Gasteiger partial charge in [0.15, 0.2) is 11.6 Å². The maximum atomic E-state index is 12.5. The summed E-state index contributed by atoms with van der Waals surface area (Å²) >= 11 is 0. The average Bonchev–Trinajstić information content (AvgIpc) is 3.17. The number of fused-ring (bicyclic) bond motifs is 1. The second kappa shape index (κ2) is 6.52. The van der Waals surface area contributed by atoms with Crippen LogP contribution in [0.5, 0.6) is 5.75 Å². The van der Waals surface area contributed by atoms with Crippen molar-refractivity contribution in [1.82, 2.24) is 19.9 Å². The summed E-state index contributed by atoms with van der Waals surface area (Å²) in [6, 6.07) is 5.41. The fourth-order valence-corrected chi connectivity index (χ4v) is 3.12. The second-order valence-electron chi connectivity index (χ2n) is 5.97. The number of furan rings is 1. The first kappa shape index (κ1) is 15.6. The van der Waals surface area contributed by atoms with Crippen LogP contribution in [-0.2, 0) is 19.5 Å². The smallest absolute Gasteiger partial charge is 0.256 e. The van der Waals surface area contributed by atoms with Gasteiger partial charge in [-0.25, -0.2) is 4.98 Å². The fourth-order valence-electron chi connectivity index (χ4n) is 3.12. The number of H-pyrrole nitrogens is 1. The van der Waals surface area contributed by atoms with Crippen molar-refractivity contribution in [3.8, 4) is 17.3 Å². The molecule has 4 heterocycles. The van der Waals surface area contributed by atoms with Crippen molar-refractivity contribution in [2.24, 2.45) is 0 Å². The first-order valence-electron chi connectivity index (χ1n) is 8.10. The van der Waals surface area contributed by atoms with Crippen molar-refractivity contribution in [1.29, 1.82) is 0 Å². The van der Waals surface area contributed by atoms with E-state index in [0.29, 0.717) is 30.2 Å².